The summed E-state index contributed by atoms with van der Waals surface area (Å²) < 4.78 is 45.2. The number of aryl methyl sites for hydroxylation is 1. The summed E-state index contributed by atoms with van der Waals surface area (Å²) in [7, 11) is 1.52. The van der Waals surface area contributed by atoms with Gasteiger partial charge in [-0.25, -0.2) is 0 Å². The van der Waals surface area contributed by atoms with Gasteiger partial charge in [0.15, 0.2) is 5.82 Å². The van der Waals surface area contributed by atoms with Gasteiger partial charge in [-0.1, -0.05) is 6.07 Å². The zero-order chi connectivity index (χ0) is 24.3. The van der Waals surface area contributed by atoms with Crippen LogP contribution in [-0.2, 0) is 6.18 Å². The number of rotatable bonds is 6. The lowest BCUT2D eigenvalue weighted by atomic mass is 10.1. The van der Waals surface area contributed by atoms with Crippen LogP contribution in [0.3, 0.4) is 0 Å². The average molecular weight is 468 g/mol. The molecule has 4 aromatic rings. The van der Waals surface area contributed by atoms with Crippen molar-refractivity contribution in [3.8, 4) is 22.9 Å². The first kappa shape index (κ1) is 22.8. The van der Waals surface area contributed by atoms with E-state index < -0.39 is 11.7 Å². The molecule has 11 heteroatoms. The fourth-order valence-electron chi connectivity index (χ4n) is 3.13. The summed E-state index contributed by atoms with van der Waals surface area (Å²) in [6.45, 7) is 1.40. The van der Waals surface area contributed by atoms with Crippen LogP contribution in [0.2, 0.25) is 0 Å². The van der Waals surface area contributed by atoms with E-state index in [2.05, 4.69) is 30.8 Å². The van der Waals surface area contributed by atoms with Crippen molar-refractivity contribution in [1.29, 1.82) is 0 Å². The summed E-state index contributed by atoms with van der Waals surface area (Å²) in [4.78, 5) is 18.6. The van der Waals surface area contributed by atoms with Crippen molar-refractivity contribution < 1.29 is 22.7 Å². The number of aromatic amines is 1. The summed E-state index contributed by atoms with van der Waals surface area (Å²) in [6.07, 6.45) is -2.97. The number of nitrogens with one attached hydrogen (secondary N) is 3. The van der Waals surface area contributed by atoms with Crippen LogP contribution in [0.15, 0.2) is 60.8 Å². The van der Waals surface area contributed by atoms with Crippen LogP contribution in [0.4, 0.5) is 24.8 Å². The van der Waals surface area contributed by atoms with Crippen LogP contribution in [0, 0.1) is 6.92 Å². The Balaban J connectivity index is 1.46. The molecule has 0 unspecified atom stereocenters. The molecule has 0 radical (unpaired) electrons. The minimum atomic E-state index is -4.45. The largest absolute Gasteiger partial charge is 0.457 e. The van der Waals surface area contributed by atoms with Crippen molar-refractivity contribution in [2.75, 3.05) is 12.4 Å². The van der Waals surface area contributed by atoms with Crippen molar-refractivity contribution in [2.45, 2.75) is 13.1 Å². The number of carbonyl (C=O) groups is 1. The summed E-state index contributed by atoms with van der Waals surface area (Å²) >= 11 is 0. The van der Waals surface area contributed by atoms with Crippen molar-refractivity contribution >= 4 is 17.5 Å². The highest BCUT2D eigenvalue weighted by molar-refractivity contribution is 5.92. The van der Waals surface area contributed by atoms with Gasteiger partial charge in [0.05, 0.1) is 5.56 Å². The smallest absolute Gasteiger partial charge is 0.416 e. The SMILES string of the molecule is CNC(=O)c1cc(Oc2ccc(-c3nnc(Nc4ccc(C)c(C(F)(F)F)c4)[nH]3)cc2)ccn1. The Kier molecular flexibility index (Phi) is 6.17. The minimum Gasteiger partial charge on any atom is -0.457 e. The van der Waals surface area contributed by atoms with Gasteiger partial charge in [-0.3, -0.25) is 9.78 Å². The van der Waals surface area contributed by atoms with E-state index >= 15 is 0 Å². The maximum absolute atomic E-state index is 13.1. The van der Waals surface area contributed by atoms with Crippen molar-refractivity contribution in [3.05, 3.63) is 77.6 Å². The molecule has 2 aromatic heterocycles. The molecule has 0 aliphatic heterocycles. The Morgan fingerprint density at radius 1 is 1.00 bits per heavy atom. The predicted molar refractivity (Wildman–Crippen MR) is 119 cm³/mol. The lowest BCUT2D eigenvalue weighted by Crippen LogP contribution is -2.18. The molecule has 0 aliphatic rings. The molecule has 0 atom stereocenters. The first-order chi connectivity index (χ1) is 16.2. The molecule has 2 aromatic carbocycles. The summed E-state index contributed by atoms with van der Waals surface area (Å²) in [5, 5.41) is 13.3. The van der Waals surface area contributed by atoms with Crippen molar-refractivity contribution in [1.82, 2.24) is 25.5 Å². The van der Waals surface area contributed by atoms with E-state index in [-0.39, 0.29) is 28.8 Å². The number of halogens is 3. The highest BCUT2D eigenvalue weighted by Gasteiger charge is 2.32. The molecule has 0 fully saturated rings. The second-order valence-electron chi connectivity index (χ2n) is 7.26. The molecule has 2 heterocycles. The zero-order valence-electron chi connectivity index (χ0n) is 18.1. The van der Waals surface area contributed by atoms with Crippen molar-refractivity contribution in [3.63, 3.8) is 0 Å². The molecule has 0 aliphatic carbocycles. The molecule has 174 valence electrons. The lowest BCUT2D eigenvalue weighted by Gasteiger charge is -2.12. The monoisotopic (exact) mass is 468 g/mol. The molecule has 1 amide bonds. The molecule has 3 N–H and O–H groups in total. The maximum Gasteiger partial charge on any atom is 0.416 e. The molecular weight excluding hydrogens is 449 g/mol. The topological polar surface area (TPSA) is 105 Å². The highest BCUT2D eigenvalue weighted by atomic mass is 19.4. The normalized spacial score (nSPS) is 11.2. The third-order valence-corrected chi connectivity index (χ3v) is 4.85. The summed E-state index contributed by atoms with van der Waals surface area (Å²) in [6, 6.07) is 14.0. The van der Waals surface area contributed by atoms with E-state index in [4.69, 9.17) is 4.74 Å². The number of ether oxygens (including phenoxy) is 1. The quantitative estimate of drug-likeness (QED) is 0.364. The van der Waals surface area contributed by atoms with Gasteiger partial charge in [-0.05, 0) is 55.0 Å². The molecule has 8 nitrogen and oxygen atoms in total. The second-order valence-corrected chi connectivity index (χ2v) is 7.26. The van der Waals surface area contributed by atoms with Gasteiger partial charge in [0.25, 0.3) is 5.91 Å². The van der Waals surface area contributed by atoms with Crippen LogP contribution < -0.4 is 15.4 Å². The number of hydrogen-bond acceptors (Lipinski definition) is 6. The minimum absolute atomic E-state index is 0.134. The number of nitrogens with zero attached hydrogens (tertiary/aromatic N) is 3. The number of pyridine rings is 1. The van der Waals surface area contributed by atoms with E-state index in [0.717, 1.165) is 6.07 Å². The standard InChI is InChI=1S/C23H19F3N6O2/c1-13-3-6-15(11-18(13)23(24,25)26)29-22-30-20(31-32-22)14-4-7-16(8-5-14)34-17-9-10-28-19(12-17)21(33)27-2/h3-12H,1-2H3,(H,27,33)(H2,29,30,31,32). The molecule has 0 saturated heterocycles. The third kappa shape index (κ3) is 5.14. The Bertz CT molecular complexity index is 1320. The first-order valence-electron chi connectivity index (χ1n) is 10.1. The van der Waals surface area contributed by atoms with Crippen LogP contribution in [0.5, 0.6) is 11.5 Å². The Hall–Kier alpha value is -4.41. The summed E-state index contributed by atoms with van der Waals surface area (Å²) in [5.41, 5.74) is 0.570. The molecular formula is C23H19F3N6O2. The summed E-state index contributed by atoms with van der Waals surface area (Å²) in [5.74, 6) is 1.27. The van der Waals surface area contributed by atoms with Gasteiger partial charge < -0.3 is 20.4 Å². The second kappa shape index (κ2) is 9.22. The maximum atomic E-state index is 13.1. The number of alkyl halides is 3. The van der Waals surface area contributed by atoms with E-state index in [1.165, 1.54) is 38.4 Å². The number of aromatic nitrogens is 4. The average Bonchev–Trinajstić information content (AvgIpc) is 3.28. The molecule has 0 spiro atoms. The number of carbonyl (C=O) groups excluding carboxylic acids is 1. The van der Waals surface area contributed by atoms with E-state index in [9.17, 15) is 18.0 Å². The fraction of sp³-hybridized carbons (Fsp3) is 0.130. The first-order valence-corrected chi connectivity index (χ1v) is 10.1. The van der Waals surface area contributed by atoms with Gasteiger partial charge in [-0.15, -0.1) is 10.2 Å². The fourth-order valence-corrected chi connectivity index (χ4v) is 3.13. The van der Waals surface area contributed by atoms with Crippen molar-refractivity contribution in [2.24, 2.45) is 0 Å². The predicted octanol–water partition coefficient (Wildman–Crippen LogP) is 5.09. The van der Waals surface area contributed by atoms with E-state index in [0.29, 0.717) is 22.9 Å². The Morgan fingerprint density at radius 3 is 2.47 bits per heavy atom. The number of anilines is 2. The van der Waals surface area contributed by atoms with Crippen LogP contribution in [0.1, 0.15) is 21.6 Å². The number of benzene rings is 2. The Morgan fingerprint density at radius 2 is 1.76 bits per heavy atom. The Labute approximate surface area is 192 Å². The van der Waals surface area contributed by atoms with E-state index in [1.807, 2.05) is 0 Å². The van der Waals surface area contributed by atoms with Crippen LogP contribution in [-0.4, -0.2) is 33.1 Å². The third-order valence-electron chi connectivity index (χ3n) is 4.85. The van der Waals surface area contributed by atoms with Crippen LogP contribution >= 0.6 is 0 Å². The van der Waals surface area contributed by atoms with Gasteiger partial charge in [-0.2, -0.15) is 13.2 Å². The number of amides is 1. The van der Waals surface area contributed by atoms with E-state index in [1.54, 1.807) is 30.3 Å². The number of hydrogen-bond donors (Lipinski definition) is 3. The molecule has 0 saturated carbocycles. The highest BCUT2D eigenvalue weighted by Crippen LogP contribution is 2.34. The van der Waals surface area contributed by atoms with Gasteiger partial charge in [0.1, 0.15) is 17.2 Å². The number of H-pyrrole nitrogens is 1. The van der Waals surface area contributed by atoms with Crippen LogP contribution in [0.25, 0.3) is 11.4 Å². The van der Waals surface area contributed by atoms with Gasteiger partial charge in [0.2, 0.25) is 5.95 Å². The van der Waals surface area contributed by atoms with Gasteiger partial charge >= 0.3 is 6.18 Å². The lowest BCUT2D eigenvalue weighted by molar-refractivity contribution is -0.138. The molecule has 0 bridgehead atoms. The van der Waals surface area contributed by atoms with Gasteiger partial charge in [0, 0.05) is 30.6 Å². The molecule has 4 rings (SSSR count). The molecule has 34 heavy (non-hydrogen) atoms. The zero-order valence-corrected chi connectivity index (χ0v) is 18.1.